The van der Waals surface area contributed by atoms with E-state index in [1.807, 2.05) is 20.8 Å². The van der Waals surface area contributed by atoms with Crippen molar-refractivity contribution in [1.29, 1.82) is 0 Å². The summed E-state index contributed by atoms with van der Waals surface area (Å²) in [7, 11) is 0. The lowest BCUT2D eigenvalue weighted by Gasteiger charge is -2.28. The van der Waals surface area contributed by atoms with Gasteiger partial charge in [-0.1, -0.05) is 0 Å². The highest BCUT2D eigenvalue weighted by molar-refractivity contribution is 6.17. The molecular formula is C13H24ClNO3. The van der Waals surface area contributed by atoms with Crippen LogP contribution in [0.15, 0.2) is 0 Å². The van der Waals surface area contributed by atoms with Crippen molar-refractivity contribution in [2.45, 2.75) is 45.6 Å². The smallest absolute Gasteiger partial charge is 0.410 e. The average molecular weight is 278 g/mol. The molecule has 0 unspecified atom stereocenters. The van der Waals surface area contributed by atoms with Crippen LogP contribution in [-0.4, -0.2) is 47.3 Å². The molecular weight excluding hydrogens is 254 g/mol. The maximum absolute atomic E-state index is 11.9. The number of aliphatic hydroxyl groups is 1. The van der Waals surface area contributed by atoms with E-state index in [1.165, 1.54) is 0 Å². The summed E-state index contributed by atoms with van der Waals surface area (Å²) in [6.07, 6.45) is 2.25. The molecule has 0 spiro atoms. The maximum Gasteiger partial charge on any atom is 0.410 e. The maximum atomic E-state index is 11.9. The van der Waals surface area contributed by atoms with Crippen LogP contribution in [0.3, 0.4) is 0 Å². The first-order chi connectivity index (χ1) is 8.32. The van der Waals surface area contributed by atoms with E-state index >= 15 is 0 Å². The van der Waals surface area contributed by atoms with Gasteiger partial charge in [0.1, 0.15) is 5.60 Å². The van der Waals surface area contributed by atoms with Crippen molar-refractivity contribution in [3.63, 3.8) is 0 Å². The third-order valence-electron chi connectivity index (χ3n) is 3.27. The molecule has 1 rings (SSSR count). The normalized spacial score (nSPS) is 24.4. The number of carbonyl (C=O) groups excluding carboxylic acids is 1. The van der Waals surface area contributed by atoms with Crippen LogP contribution in [-0.2, 0) is 4.74 Å². The average Bonchev–Trinajstić information content (AvgIpc) is 2.69. The van der Waals surface area contributed by atoms with Gasteiger partial charge in [-0.2, -0.15) is 0 Å². The summed E-state index contributed by atoms with van der Waals surface area (Å²) in [5.41, 5.74) is -0.663. The number of hydrogen-bond donors (Lipinski definition) is 1. The second-order valence-corrected chi connectivity index (χ2v) is 6.48. The van der Waals surface area contributed by atoms with Crippen molar-refractivity contribution in [2.75, 3.05) is 25.6 Å². The molecule has 0 aromatic heterocycles. The first kappa shape index (κ1) is 15.6. The Balaban J connectivity index is 2.55. The van der Waals surface area contributed by atoms with Crippen molar-refractivity contribution in [3.8, 4) is 0 Å². The van der Waals surface area contributed by atoms with Crippen LogP contribution in [0.25, 0.3) is 0 Å². The van der Waals surface area contributed by atoms with E-state index in [-0.39, 0.29) is 18.1 Å². The molecule has 5 heteroatoms. The van der Waals surface area contributed by atoms with Crippen molar-refractivity contribution in [2.24, 2.45) is 5.41 Å². The molecule has 0 aromatic carbocycles. The van der Waals surface area contributed by atoms with Gasteiger partial charge in [-0.05, 0) is 40.0 Å². The van der Waals surface area contributed by atoms with Gasteiger partial charge in [-0.25, -0.2) is 4.79 Å². The Morgan fingerprint density at radius 2 is 2.17 bits per heavy atom. The zero-order chi connectivity index (χ0) is 13.8. The van der Waals surface area contributed by atoms with E-state index in [2.05, 4.69) is 0 Å². The van der Waals surface area contributed by atoms with Crippen LogP contribution < -0.4 is 0 Å². The zero-order valence-electron chi connectivity index (χ0n) is 11.5. The predicted octanol–water partition coefficient (Wildman–Crippen LogP) is 2.62. The number of rotatable bonds is 4. The first-order valence-electron chi connectivity index (χ1n) is 6.47. The standard InChI is InChI=1S/C13H24ClNO3/c1-12(2,3)18-11(17)15-8-6-13(9-15,10-16)5-4-7-14/h16H,4-10H2,1-3H3/t13-/m0/s1. The third kappa shape index (κ3) is 4.32. The number of aliphatic hydroxyl groups excluding tert-OH is 1. The third-order valence-corrected chi connectivity index (χ3v) is 3.53. The second kappa shape index (κ2) is 6.11. The Morgan fingerprint density at radius 3 is 2.67 bits per heavy atom. The van der Waals surface area contributed by atoms with Crippen LogP contribution in [0.4, 0.5) is 4.79 Å². The highest BCUT2D eigenvalue weighted by atomic mass is 35.5. The molecule has 1 fully saturated rings. The lowest BCUT2D eigenvalue weighted by atomic mass is 9.83. The summed E-state index contributed by atoms with van der Waals surface area (Å²) in [6.45, 7) is 6.88. The van der Waals surface area contributed by atoms with Crippen LogP contribution in [0.1, 0.15) is 40.0 Å². The Kier molecular flexibility index (Phi) is 5.29. The highest BCUT2D eigenvalue weighted by Crippen LogP contribution is 2.35. The van der Waals surface area contributed by atoms with Gasteiger partial charge >= 0.3 is 6.09 Å². The topological polar surface area (TPSA) is 49.8 Å². The minimum Gasteiger partial charge on any atom is -0.444 e. The van der Waals surface area contributed by atoms with E-state index in [4.69, 9.17) is 16.3 Å². The fraction of sp³-hybridized carbons (Fsp3) is 0.923. The fourth-order valence-corrected chi connectivity index (χ4v) is 2.41. The minimum atomic E-state index is -0.475. The number of halogens is 1. The largest absolute Gasteiger partial charge is 0.444 e. The molecule has 0 bridgehead atoms. The first-order valence-corrected chi connectivity index (χ1v) is 7.00. The number of alkyl halides is 1. The van der Waals surface area contributed by atoms with Gasteiger partial charge in [0, 0.05) is 24.4 Å². The summed E-state index contributed by atoms with van der Waals surface area (Å²) in [4.78, 5) is 13.6. The molecule has 1 heterocycles. The Labute approximate surface area is 114 Å². The summed E-state index contributed by atoms with van der Waals surface area (Å²) in [5.74, 6) is 0.591. The minimum absolute atomic E-state index is 0.100. The van der Waals surface area contributed by atoms with Crippen molar-refractivity contribution in [1.82, 2.24) is 4.90 Å². The monoisotopic (exact) mass is 277 g/mol. The van der Waals surface area contributed by atoms with Gasteiger partial charge in [0.05, 0.1) is 6.61 Å². The van der Waals surface area contributed by atoms with Crippen molar-refractivity contribution in [3.05, 3.63) is 0 Å². The zero-order valence-corrected chi connectivity index (χ0v) is 12.3. The molecule has 4 nitrogen and oxygen atoms in total. The molecule has 1 N–H and O–H groups in total. The lowest BCUT2D eigenvalue weighted by molar-refractivity contribution is 0.0249. The Hall–Kier alpha value is -0.480. The molecule has 1 amide bonds. The van der Waals surface area contributed by atoms with E-state index in [0.29, 0.717) is 19.0 Å². The van der Waals surface area contributed by atoms with Crippen LogP contribution in [0.5, 0.6) is 0 Å². The summed E-state index contributed by atoms with van der Waals surface area (Å²) in [6, 6.07) is 0. The summed E-state index contributed by atoms with van der Waals surface area (Å²) in [5, 5.41) is 9.55. The van der Waals surface area contributed by atoms with Crippen LogP contribution >= 0.6 is 11.6 Å². The number of likely N-dealkylation sites (tertiary alicyclic amines) is 1. The van der Waals surface area contributed by atoms with Gasteiger partial charge in [0.2, 0.25) is 0 Å². The fourth-order valence-electron chi connectivity index (χ4n) is 2.27. The molecule has 0 radical (unpaired) electrons. The number of amides is 1. The molecule has 0 aromatic rings. The molecule has 1 atom stereocenters. The molecule has 1 aliphatic heterocycles. The van der Waals surface area contributed by atoms with E-state index < -0.39 is 5.60 Å². The van der Waals surface area contributed by atoms with Gasteiger partial charge < -0.3 is 14.7 Å². The SMILES string of the molecule is CC(C)(C)OC(=O)N1CC[C@@](CO)(CCCCl)C1. The van der Waals surface area contributed by atoms with Crippen molar-refractivity contribution >= 4 is 17.7 Å². The van der Waals surface area contributed by atoms with E-state index in [0.717, 1.165) is 19.3 Å². The van der Waals surface area contributed by atoms with E-state index in [9.17, 15) is 9.90 Å². The number of nitrogens with zero attached hydrogens (tertiary/aromatic N) is 1. The molecule has 1 aliphatic rings. The van der Waals surface area contributed by atoms with Crippen molar-refractivity contribution < 1.29 is 14.6 Å². The van der Waals surface area contributed by atoms with Gasteiger partial charge in [0.25, 0.3) is 0 Å². The van der Waals surface area contributed by atoms with Crippen LogP contribution in [0, 0.1) is 5.41 Å². The van der Waals surface area contributed by atoms with Gasteiger partial charge in [0.15, 0.2) is 0 Å². The van der Waals surface area contributed by atoms with Gasteiger partial charge in [-0.15, -0.1) is 11.6 Å². The number of carbonyl (C=O) groups is 1. The summed E-state index contributed by atoms with van der Waals surface area (Å²) < 4.78 is 5.34. The molecule has 1 saturated heterocycles. The van der Waals surface area contributed by atoms with E-state index in [1.54, 1.807) is 4.90 Å². The quantitative estimate of drug-likeness (QED) is 0.804. The van der Waals surface area contributed by atoms with Gasteiger partial charge in [-0.3, -0.25) is 0 Å². The molecule has 0 saturated carbocycles. The summed E-state index contributed by atoms with van der Waals surface area (Å²) >= 11 is 5.70. The van der Waals surface area contributed by atoms with Crippen LogP contribution in [0.2, 0.25) is 0 Å². The number of hydrogen-bond acceptors (Lipinski definition) is 3. The molecule has 106 valence electrons. The lowest BCUT2D eigenvalue weighted by Crippen LogP contribution is -2.38. The Bertz CT molecular complexity index is 290. The predicted molar refractivity (Wildman–Crippen MR) is 71.9 cm³/mol. The Morgan fingerprint density at radius 1 is 1.50 bits per heavy atom. The molecule has 18 heavy (non-hydrogen) atoms. The number of ether oxygens (including phenoxy) is 1. The second-order valence-electron chi connectivity index (χ2n) is 6.10. The molecule has 0 aliphatic carbocycles. The highest BCUT2D eigenvalue weighted by Gasteiger charge is 2.40.